The van der Waals surface area contributed by atoms with Crippen LogP contribution in [0.2, 0.25) is 10.0 Å². The lowest BCUT2D eigenvalue weighted by molar-refractivity contribution is 0.306. The molecule has 0 bridgehead atoms. The molecular weight excluding hydrogens is 424 g/mol. The Kier molecular flexibility index (Phi) is 5.38. The summed E-state index contributed by atoms with van der Waals surface area (Å²) in [5.41, 5.74) is 0.797. The van der Waals surface area contributed by atoms with Crippen molar-refractivity contribution in [3.05, 3.63) is 50.7 Å². The van der Waals surface area contributed by atoms with Gasteiger partial charge in [0.25, 0.3) is 9.05 Å². The highest BCUT2D eigenvalue weighted by molar-refractivity contribution is 9.10. The molecule has 0 radical (unpaired) electrons. The first-order chi connectivity index (χ1) is 9.77. The van der Waals surface area contributed by atoms with Gasteiger partial charge < -0.3 is 4.74 Å². The Labute approximate surface area is 144 Å². The van der Waals surface area contributed by atoms with E-state index in [0.29, 0.717) is 0 Å². The van der Waals surface area contributed by atoms with Crippen LogP contribution < -0.4 is 4.74 Å². The zero-order valence-corrected chi connectivity index (χ0v) is 14.9. The van der Waals surface area contributed by atoms with Crippen LogP contribution in [0.4, 0.5) is 0 Å². The lowest BCUT2D eigenvalue weighted by Gasteiger charge is -2.11. The maximum absolute atomic E-state index is 11.3. The van der Waals surface area contributed by atoms with Crippen molar-refractivity contribution in [3.8, 4) is 5.75 Å². The first-order valence-electron chi connectivity index (χ1n) is 5.43. The molecule has 9 heteroatoms. The maximum atomic E-state index is 11.3. The van der Waals surface area contributed by atoms with Crippen LogP contribution in [0.25, 0.3) is 0 Å². The third-order valence-corrected chi connectivity index (χ3v) is 4.73. The maximum Gasteiger partial charge on any atom is 0.261 e. The zero-order valence-electron chi connectivity index (χ0n) is 10.2. The van der Waals surface area contributed by atoms with Gasteiger partial charge in [0.05, 0.1) is 14.9 Å². The summed E-state index contributed by atoms with van der Waals surface area (Å²) < 4.78 is 28.8. The molecule has 2 rings (SSSR count). The highest BCUT2D eigenvalue weighted by Gasteiger charge is 2.17. The number of hydrogen-bond donors (Lipinski definition) is 0. The predicted octanol–water partition coefficient (Wildman–Crippen LogP) is 4.66. The van der Waals surface area contributed by atoms with Gasteiger partial charge in [-0.25, -0.2) is 8.42 Å². The number of nitrogens with zero attached hydrogens (tertiary/aromatic N) is 1. The van der Waals surface area contributed by atoms with Gasteiger partial charge in [0.2, 0.25) is 0 Å². The van der Waals surface area contributed by atoms with Gasteiger partial charge >= 0.3 is 0 Å². The number of pyridine rings is 1. The second-order valence-electron chi connectivity index (χ2n) is 3.95. The van der Waals surface area contributed by atoms with Crippen molar-refractivity contribution < 1.29 is 13.2 Å². The molecule has 0 unspecified atom stereocenters. The van der Waals surface area contributed by atoms with Gasteiger partial charge in [0, 0.05) is 33.1 Å². The van der Waals surface area contributed by atoms with Crippen molar-refractivity contribution in [2.45, 2.75) is 11.5 Å². The Bertz CT molecular complexity index is 760. The highest BCUT2D eigenvalue weighted by Crippen LogP contribution is 2.36. The van der Waals surface area contributed by atoms with Crippen LogP contribution in [0.5, 0.6) is 5.75 Å². The summed E-state index contributed by atoms with van der Waals surface area (Å²) in [5, 5.41) is 0.120. The molecule has 1 aromatic carbocycles. The first-order valence-corrected chi connectivity index (χ1v) is 9.29. The van der Waals surface area contributed by atoms with Gasteiger partial charge in [-0.3, -0.25) is 4.98 Å². The minimum Gasteiger partial charge on any atom is -0.486 e. The molecule has 0 spiro atoms. The van der Waals surface area contributed by atoms with Crippen LogP contribution in [0.1, 0.15) is 5.56 Å². The lowest BCUT2D eigenvalue weighted by atomic mass is 10.3. The van der Waals surface area contributed by atoms with E-state index in [9.17, 15) is 8.42 Å². The van der Waals surface area contributed by atoms with Crippen LogP contribution in [-0.2, 0) is 15.7 Å². The van der Waals surface area contributed by atoms with E-state index in [1.807, 2.05) is 6.07 Å². The molecule has 0 N–H and O–H groups in total. The summed E-state index contributed by atoms with van der Waals surface area (Å²) in [7, 11) is 1.34. The number of rotatable bonds is 4. The van der Waals surface area contributed by atoms with Crippen molar-refractivity contribution in [3.63, 3.8) is 0 Å². The molecule has 0 saturated carbocycles. The summed E-state index contributed by atoms with van der Waals surface area (Å²) in [6.45, 7) is 0.179. The number of benzene rings is 1. The summed E-state index contributed by atoms with van der Waals surface area (Å²) in [6, 6.07) is 4.20. The molecule has 0 aliphatic heterocycles. The third-order valence-electron chi connectivity index (χ3n) is 2.40. The molecule has 4 nitrogen and oxygen atoms in total. The van der Waals surface area contributed by atoms with Crippen molar-refractivity contribution in [1.82, 2.24) is 4.98 Å². The normalized spacial score (nSPS) is 11.4. The summed E-state index contributed by atoms with van der Waals surface area (Å²) >= 11 is 15.3. The average Bonchev–Trinajstić information content (AvgIpc) is 2.36. The fourth-order valence-corrected chi connectivity index (χ4v) is 3.43. The number of halogens is 4. The van der Waals surface area contributed by atoms with E-state index in [0.717, 1.165) is 10.0 Å². The Balaban J connectivity index is 2.25. The van der Waals surface area contributed by atoms with Gasteiger partial charge in [-0.2, -0.15) is 0 Å². The molecule has 21 heavy (non-hydrogen) atoms. The van der Waals surface area contributed by atoms with Gasteiger partial charge in [0.15, 0.2) is 5.75 Å². The fourth-order valence-electron chi connectivity index (χ4n) is 1.51. The molecule has 112 valence electrons. The van der Waals surface area contributed by atoms with E-state index >= 15 is 0 Å². The topological polar surface area (TPSA) is 56.3 Å². The Morgan fingerprint density at radius 1 is 1.14 bits per heavy atom. The van der Waals surface area contributed by atoms with E-state index in [2.05, 4.69) is 20.9 Å². The van der Waals surface area contributed by atoms with E-state index in [1.54, 1.807) is 12.4 Å². The van der Waals surface area contributed by atoms with Gasteiger partial charge in [0.1, 0.15) is 6.61 Å². The van der Waals surface area contributed by atoms with E-state index in [1.165, 1.54) is 12.1 Å². The lowest BCUT2D eigenvalue weighted by Crippen LogP contribution is -1.99. The predicted molar refractivity (Wildman–Crippen MR) is 85.8 cm³/mol. The molecule has 0 atom stereocenters. The smallest absolute Gasteiger partial charge is 0.261 e. The van der Waals surface area contributed by atoms with Crippen LogP contribution in [-0.4, -0.2) is 13.4 Å². The monoisotopic (exact) mass is 429 g/mol. The summed E-state index contributed by atoms with van der Waals surface area (Å²) in [5.74, 6) is 0.183. The average molecular weight is 432 g/mol. The molecule has 0 aliphatic carbocycles. The minimum absolute atomic E-state index is 0.0599. The number of aromatic nitrogens is 1. The molecule has 0 amide bonds. The Morgan fingerprint density at radius 3 is 2.29 bits per heavy atom. The fraction of sp³-hybridized carbons (Fsp3) is 0.0833. The quantitative estimate of drug-likeness (QED) is 0.661. The number of hydrogen-bond acceptors (Lipinski definition) is 4. The molecule has 0 aliphatic rings. The third kappa shape index (κ3) is 4.47. The summed E-state index contributed by atoms with van der Waals surface area (Å²) in [4.78, 5) is 3.81. The van der Waals surface area contributed by atoms with Crippen LogP contribution in [0.15, 0.2) is 40.0 Å². The summed E-state index contributed by atoms with van der Waals surface area (Å²) in [6.07, 6.45) is 3.27. The molecule has 1 aromatic heterocycles. The van der Waals surface area contributed by atoms with Crippen molar-refractivity contribution >= 4 is 58.9 Å². The first kappa shape index (κ1) is 16.8. The standard InChI is InChI=1S/C12H7BrCl3NO3S/c13-8-1-7(4-17-5-8)6-20-12-10(14)2-9(3-11(12)15)21(16,18)19/h1-5H,6H2. The molecule has 0 fully saturated rings. The molecule has 1 heterocycles. The van der Waals surface area contributed by atoms with Crippen molar-refractivity contribution in [2.24, 2.45) is 0 Å². The van der Waals surface area contributed by atoms with Crippen LogP contribution in [0, 0.1) is 0 Å². The molecular formula is C12H7BrCl3NO3S. The van der Waals surface area contributed by atoms with Crippen molar-refractivity contribution in [2.75, 3.05) is 0 Å². The second-order valence-corrected chi connectivity index (χ2v) is 8.25. The van der Waals surface area contributed by atoms with Gasteiger partial charge in [-0.15, -0.1) is 0 Å². The van der Waals surface area contributed by atoms with Gasteiger partial charge in [-0.05, 0) is 34.1 Å². The van der Waals surface area contributed by atoms with Crippen LogP contribution in [0.3, 0.4) is 0 Å². The van der Waals surface area contributed by atoms with E-state index in [-0.39, 0.29) is 27.3 Å². The molecule has 2 aromatic rings. The van der Waals surface area contributed by atoms with E-state index < -0.39 is 9.05 Å². The Hall–Kier alpha value is -0.530. The minimum atomic E-state index is -3.91. The number of ether oxygens (including phenoxy) is 1. The molecule has 0 saturated heterocycles. The largest absolute Gasteiger partial charge is 0.486 e. The SMILES string of the molecule is O=S(=O)(Cl)c1cc(Cl)c(OCc2cncc(Br)c2)c(Cl)c1. The van der Waals surface area contributed by atoms with Crippen LogP contribution >= 0.6 is 49.8 Å². The Morgan fingerprint density at radius 2 is 1.76 bits per heavy atom. The highest BCUT2D eigenvalue weighted by atomic mass is 79.9. The van der Waals surface area contributed by atoms with Crippen molar-refractivity contribution in [1.29, 1.82) is 0 Å². The zero-order chi connectivity index (χ0) is 15.6. The van der Waals surface area contributed by atoms with E-state index in [4.69, 9.17) is 38.6 Å². The second kappa shape index (κ2) is 6.71. The van der Waals surface area contributed by atoms with Gasteiger partial charge in [-0.1, -0.05) is 23.2 Å².